The monoisotopic (exact) mass is 229 g/mol. The number of nitrogens with zero attached hydrogens (tertiary/aromatic N) is 2. The summed E-state index contributed by atoms with van der Waals surface area (Å²) in [6.45, 7) is 3.94. The van der Waals surface area contributed by atoms with Crippen LogP contribution in [-0.2, 0) is 0 Å². The fourth-order valence-electron chi connectivity index (χ4n) is 1.88. The van der Waals surface area contributed by atoms with Gasteiger partial charge in [-0.3, -0.25) is 5.10 Å². The van der Waals surface area contributed by atoms with Crippen molar-refractivity contribution in [1.29, 1.82) is 0 Å². The molecule has 2 aromatic rings. The molecule has 0 unspecified atom stereocenters. The minimum absolute atomic E-state index is 0.510. The second kappa shape index (κ2) is 4.18. The highest BCUT2D eigenvalue weighted by atomic mass is 15.2. The van der Waals surface area contributed by atoms with Gasteiger partial charge >= 0.3 is 0 Å². The Morgan fingerprint density at radius 3 is 2.76 bits per heavy atom. The van der Waals surface area contributed by atoms with Gasteiger partial charge in [0.15, 0.2) is 5.82 Å². The molecule has 5 nitrogen and oxygen atoms in total. The fraction of sp³-hybridized carbons (Fsp3) is 0.333. The van der Waals surface area contributed by atoms with Crippen LogP contribution in [0.3, 0.4) is 0 Å². The van der Waals surface area contributed by atoms with Crippen molar-refractivity contribution in [3.63, 3.8) is 0 Å². The molecule has 5 heteroatoms. The zero-order valence-electron chi connectivity index (χ0n) is 9.70. The van der Waals surface area contributed by atoms with Gasteiger partial charge in [-0.05, 0) is 19.1 Å². The zero-order chi connectivity index (χ0) is 11.7. The van der Waals surface area contributed by atoms with E-state index >= 15 is 0 Å². The molecule has 0 atom stereocenters. The third-order valence-corrected chi connectivity index (χ3v) is 2.91. The van der Waals surface area contributed by atoms with Crippen molar-refractivity contribution in [2.75, 3.05) is 18.4 Å². The molecule has 0 amide bonds. The summed E-state index contributed by atoms with van der Waals surface area (Å²) in [5.41, 5.74) is 2.14. The number of rotatable bonds is 3. The molecule has 0 radical (unpaired) electrons. The lowest BCUT2D eigenvalue weighted by Crippen LogP contribution is -2.51. The lowest BCUT2D eigenvalue weighted by atomic mass is 10.1. The molecule has 1 saturated heterocycles. The largest absolute Gasteiger partial charge is 0.379 e. The predicted molar refractivity (Wildman–Crippen MR) is 66.8 cm³/mol. The molecular formula is C12H15N5. The van der Waals surface area contributed by atoms with Crippen LogP contribution in [0.2, 0.25) is 0 Å². The number of aryl methyl sites for hydroxylation is 1. The van der Waals surface area contributed by atoms with Crippen LogP contribution in [0.5, 0.6) is 0 Å². The average molecular weight is 229 g/mol. The topological polar surface area (TPSA) is 65.6 Å². The van der Waals surface area contributed by atoms with Gasteiger partial charge in [0.1, 0.15) is 5.82 Å². The maximum atomic E-state index is 4.37. The maximum Gasteiger partial charge on any atom is 0.183 e. The van der Waals surface area contributed by atoms with Gasteiger partial charge in [-0.15, -0.1) is 0 Å². The van der Waals surface area contributed by atoms with Gasteiger partial charge in [0.2, 0.25) is 0 Å². The number of H-pyrrole nitrogens is 1. The van der Waals surface area contributed by atoms with Crippen LogP contribution < -0.4 is 10.6 Å². The van der Waals surface area contributed by atoms with Gasteiger partial charge in [0.25, 0.3) is 0 Å². The van der Waals surface area contributed by atoms with E-state index < -0.39 is 0 Å². The Bertz CT molecular complexity index is 515. The molecule has 0 spiro atoms. The summed E-state index contributed by atoms with van der Waals surface area (Å²) in [7, 11) is 0. The van der Waals surface area contributed by atoms with Crippen molar-refractivity contribution in [2.24, 2.45) is 0 Å². The molecule has 3 rings (SSSR count). The third-order valence-electron chi connectivity index (χ3n) is 2.91. The Morgan fingerprint density at radius 1 is 1.29 bits per heavy atom. The molecule has 1 aliphatic rings. The molecule has 1 aromatic heterocycles. The van der Waals surface area contributed by atoms with Gasteiger partial charge in [0, 0.05) is 24.3 Å². The summed E-state index contributed by atoms with van der Waals surface area (Å²) < 4.78 is 0. The average Bonchev–Trinajstić information content (AvgIpc) is 2.71. The van der Waals surface area contributed by atoms with E-state index in [0.29, 0.717) is 6.04 Å². The van der Waals surface area contributed by atoms with Crippen molar-refractivity contribution in [3.05, 3.63) is 30.1 Å². The molecule has 88 valence electrons. The van der Waals surface area contributed by atoms with Gasteiger partial charge in [0.05, 0.1) is 6.04 Å². The molecule has 2 heterocycles. The highest BCUT2D eigenvalue weighted by Crippen LogP contribution is 2.25. The van der Waals surface area contributed by atoms with Crippen LogP contribution in [0.1, 0.15) is 5.82 Å². The van der Waals surface area contributed by atoms with Crippen LogP contribution in [0.15, 0.2) is 24.3 Å². The SMILES string of the molecule is Cc1nc(-c2ccccc2NC2CNC2)n[nH]1. The van der Waals surface area contributed by atoms with Crippen LogP contribution >= 0.6 is 0 Å². The number of aromatic nitrogens is 3. The molecule has 1 aromatic carbocycles. The Kier molecular flexibility index (Phi) is 2.53. The van der Waals surface area contributed by atoms with E-state index in [1.54, 1.807) is 0 Å². The molecule has 0 saturated carbocycles. The third kappa shape index (κ3) is 2.01. The standard InChI is InChI=1S/C12H15N5/c1-8-14-12(17-16-8)10-4-2-3-5-11(10)15-9-6-13-7-9/h2-5,9,13,15H,6-7H2,1H3,(H,14,16,17). The highest BCUT2D eigenvalue weighted by Gasteiger charge is 2.18. The van der Waals surface area contributed by atoms with Gasteiger partial charge < -0.3 is 10.6 Å². The minimum Gasteiger partial charge on any atom is -0.379 e. The molecule has 0 aliphatic carbocycles. The fourth-order valence-corrected chi connectivity index (χ4v) is 1.88. The van der Waals surface area contributed by atoms with E-state index in [0.717, 1.165) is 36.0 Å². The maximum absolute atomic E-state index is 4.37. The summed E-state index contributed by atoms with van der Waals surface area (Å²) in [6, 6.07) is 8.65. The molecule has 0 bridgehead atoms. The first-order chi connectivity index (χ1) is 8.33. The smallest absolute Gasteiger partial charge is 0.183 e. The summed E-state index contributed by atoms with van der Waals surface area (Å²) in [5.74, 6) is 1.58. The van der Waals surface area contributed by atoms with E-state index in [4.69, 9.17) is 0 Å². The Hall–Kier alpha value is -1.88. The van der Waals surface area contributed by atoms with E-state index in [-0.39, 0.29) is 0 Å². The highest BCUT2D eigenvalue weighted by molar-refractivity contribution is 5.73. The molecule has 17 heavy (non-hydrogen) atoms. The first-order valence-electron chi connectivity index (χ1n) is 5.78. The number of anilines is 1. The Labute approximate surface area is 99.7 Å². The van der Waals surface area contributed by atoms with E-state index in [1.807, 2.05) is 25.1 Å². The lowest BCUT2D eigenvalue weighted by molar-refractivity contribution is 0.472. The second-order valence-electron chi connectivity index (χ2n) is 4.29. The normalized spacial score (nSPS) is 15.6. The van der Waals surface area contributed by atoms with E-state index in [1.165, 1.54) is 0 Å². The molecular weight excluding hydrogens is 214 g/mol. The molecule has 1 fully saturated rings. The molecule has 3 N–H and O–H groups in total. The first-order valence-corrected chi connectivity index (χ1v) is 5.78. The summed E-state index contributed by atoms with van der Waals surface area (Å²) >= 11 is 0. The quantitative estimate of drug-likeness (QED) is 0.739. The van der Waals surface area contributed by atoms with Crippen molar-refractivity contribution >= 4 is 5.69 Å². The van der Waals surface area contributed by atoms with Crippen LogP contribution in [0.25, 0.3) is 11.4 Å². The van der Waals surface area contributed by atoms with Crippen LogP contribution in [0.4, 0.5) is 5.69 Å². The number of benzene rings is 1. The van der Waals surface area contributed by atoms with Crippen LogP contribution in [0, 0.1) is 6.92 Å². The van der Waals surface area contributed by atoms with Crippen molar-refractivity contribution in [2.45, 2.75) is 13.0 Å². The summed E-state index contributed by atoms with van der Waals surface area (Å²) in [6.07, 6.45) is 0. The van der Waals surface area contributed by atoms with Crippen molar-refractivity contribution in [1.82, 2.24) is 20.5 Å². The van der Waals surface area contributed by atoms with Gasteiger partial charge in [-0.1, -0.05) is 12.1 Å². The van der Waals surface area contributed by atoms with Crippen LogP contribution in [-0.4, -0.2) is 34.3 Å². The minimum atomic E-state index is 0.510. The number of nitrogens with one attached hydrogen (secondary N) is 3. The first kappa shape index (κ1) is 10.3. The Morgan fingerprint density at radius 2 is 2.12 bits per heavy atom. The number of para-hydroxylation sites is 1. The summed E-state index contributed by atoms with van der Waals surface area (Å²) in [4.78, 5) is 4.37. The number of hydrogen-bond donors (Lipinski definition) is 3. The van der Waals surface area contributed by atoms with E-state index in [9.17, 15) is 0 Å². The van der Waals surface area contributed by atoms with Gasteiger partial charge in [-0.2, -0.15) is 5.10 Å². The Balaban J connectivity index is 1.92. The lowest BCUT2D eigenvalue weighted by Gasteiger charge is -2.29. The summed E-state index contributed by atoms with van der Waals surface area (Å²) in [5, 5.41) is 13.8. The predicted octanol–water partition coefficient (Wildman–Crippen LogP) is 1.16. The van der Waals surface area contributed by atoms with E-state index in [2.05, 4.69) is 31.9 Å². The zero-order valence-corrected chi connectivity index (χ0v) is 9.70. The molecule has 1 aliphatic heterocycles. The second-order valence-corrected chi connectivity index (χ2v) is 4.29. The van der Waals surface area contributed by atoms with Crippen molar-refractivity contribution in [3.8, 4) is 11.4 Å². The number of hydrogen-bond acceptors (Lipinski definition) is 4. The number of aromatic amines is 1. The van der Waals surface area contributed by atoms with Gasteiger partial charge in [-0.25, -0.2) is 4.98 Å². The van der Waals surface area contributed by atoms with Crippen molar-refractivity contribution < 1.29 is 0 Å².